The van der Waals surface area contributed by atoms with Crippen LogP contribution in [0.4, 0.5) is 13.2 Å². The second kappa shape index (κ2) is 3.72. The van der Waals surface area contributed by atoms with E-state index < -0.39 is 12.8 Å². The molecule has 0 N–H and O–H groups in total. The summed E-state index contributed by atoms with van der Waals surface area (Å²) in [5, 5.41) is 8.83. The first-order valence-corrected chi connectivity index (χ1v) is 1.21. The van der Waals surface area contributed by atoms with E-state index in [0.29, 0.717) is 0 Å². The van der Waals surface area contributed by atoms with Crippen LogP contribution < -0.4 is 34.7 Å². The van der Waals surface area contributed by atoms with Gasteiger partial charge < -0.3 is 5.11 Å². The zero-order valence-corrected chi connectivity index (χ0v) is 5.75. The van der Waals surface area contributed by atoms with Crippen molar-refractivity contribution in [3.63, 3.8) is 0 Å². The van der Waals surface area contributed by atoms with E-state index in [-0.39, 0.29) is 29.6 Å². The molecule has 0 bridgehead atoms. The van der Waals surface area contributed by atoms with Crippen LogP contribution in [0.15, 0.2) is 0 Å². The maximum absolute atomic E-state index is 10.5. The summed E-state index contributed by atoms with van der Waals surface area (Å²) < 4.78 is 31.4. The van der Waals surface area contributed by atoms with Gasteiger partial charge >= 0.3 is 35.7 Å². The zero-order valence-electron chi connectivity index (χ0n) is 3.75. The molecular formula is C2H2F3NaO. The quantitative estimate of drug-likeness (QED) is 0.312. The van der Waals surface area contributed by atoms with Crippen molar-refractivity contribution in [3.8, 4) is 0 Å². The Hall–Kier alpha value is 0.750. The monoisotopic (exact) mass is 122 g/mol. The van der Waals surface area contributed by atoms with Crippen LogP contribution in [0.2, 0.25) is 0 Å². The Morgan fingerprint density at radius 1 is 1.29 bits per heavy atom. The Morgan fingerprint density at radius 2 is 1.43 bits per heavy atom. The summed E-state index contributed by atoms with van der Waals surface area (Å²) >= 11 is 0. The molecule has 0 saturated carbocycles. The predicted molar refractivity (Wildman–Crippen MR) is 10.9 cm³/mol. The molecule has 0 rings (SSSR count). The summed E-state index contributed by atoms with van der Waals surface area (Å²) in [5.41, 5.74) is 0. The van der Waals surface area contributed by atoms with Crippen LogP contribution in [-0.4, -0.2) is 12.8 Å². The zero-order chi connectivity index (χ0) is 5.21. The molecular weight excluding hydrogens is 120 g/mol. The average Bonchev–Trinajstić information content (AvgIpc) is 1.35. The molecule has 0 atom stereocenters. The van der Waals surface area contributed by atoms with Crippen molar-refractivity contribution in [2.24, 2.45) is 0 Å². The fourth-order valence-corrected chi connectivity index (χ4v) is 0. The van der Waals surface area contributed by atoms with Gasteiger partial charge in [-0.05, 0) is 6.61 Å². The topological polar surface area (TPSA) is 23.1 Å². The third kappa shape index (κ3) is 10.8. The van der Waals surface area contributed by atoms with E-state index in [4.69, 9.17) is 5.11 Å². The fourth-order valence-electron chi connectivity index (χ4n) is 0. The van der Waals surface area contributed by atoms with Crippen LogP contribution in [0, 0.1) is 0 Å². The molecule has 1 nitrogen and oxygen atoms in total. The van der Waals surface area contributed by atoms with Gasteiger partial charge in [-0.25, -0.2) is 0 Å². The largest absolute Gasteiger partial charge is 1.00 e. The third-order valence-corrected chi connectivity index (χ3v) is 0.164. The van der Waals surface area contributed by atoms with Gasteiger partial charge in [0.25, 0.3) is 0 Å². The predicted octanol–water partition coefficient (Wildman–Crippen LogP) is -3.09. The summed E-state index contributed by atoms with van der Waals surface area (Å²) in [4.78, 5) is 0. The van der Waals surface area contributed by atoms with Crippen LogP contribution in [0.3, 0.4) is 0 Å². The standard InChI is InChI=1S/C2H2F3O.Na/c3-2(4,5)1-6;/h1H2;/q-1;+1. The molecule has 7 heavy (non-hydrogen) atoms. The van der Waals surface area contributed by atoms with Gasteiger partial charge in [0, 0.05) is 0 Å². The average molecular weight is 122 g/mol. The van der Waals surface area contributed by atoms with E-state index in [1.54, 1.807) is 0 Å². The Bertz CT molecular complexity index is 42.7. The minimum Gasteiger partial charge on any atom is -0.848 e. The number of hydrogen-bond acceptors (Lipinski definition) is 1. The van der Waals surface area contributed by atoms with E-state index in [2.05, 4.69) is 0 Å². The van der Waals surface area contributed by atoms with Crippen molar-refractivity contribution in [3.05, 3.63) is 0 Å². The molecule has 0 aliphatic carbocycles. The molecule has 0 unspecified atom stereocenters. The molecule has 0 radical (unpaired) electrons. The van der Waals surface area contributed by atoms with E-state index in [0.717, 1.165) is 0 Å². The first-order valence-electron chi connectivity index (χ1n) is 1.21. The second-order valence-electron chi connectivity index (χ2n) is 0.760. The van der Waals surface area contributed by atoms with Crippen LogP contribution in [0.5, 0.6) is 0 Å². The molecule has 0 aromatic carbocycles. The van der Waals surface area contributed by atoms with Crippen molar-refractivity contribution in [2.45, 2.75) is 6.18 Å². The molecule has 5 heteroatoms. The first kappa shape index (κ1) is 10.7. The SMILES string of the molecule is [Na+].[O-]CC(F)(F)F. The van der Waals surface area contributed by atoms with Crippen LogP contribution >= 0.6 is 0 Å². The number of rotatable bonds is 0. The Labute approximate surface area is 60.8 Å². The van der Waals surface area contributed by atoms with Gasteiger partial charge in [0.2, 0.25) is 0 Å². The van der Waals surface area contributed by atoms with Crippen molar-refractivity contribution in [2.75, 3.05) is 6.61 Å². The van der Waals surface area contributed by atoms with Crippen molar-refractivity contribution < 1.29 is 47.8 Å². The maximum Gasteiger partial charge on any atom is 1.00 e. The number of alkyl halides is 3. The van der Waals surface area contributed by atoms with Crippen molar-refractivity contribution >= 4 is 0 Å². The van der Waals surface area contributed by atoms with Gasteiger partial charge in [-0.3, -0.25) is 0 Å². The van der Waals surface area contributed by atoms with Gasteiger partial charge in [-0.15, -0.1) is 0 Å². The minimum absolute atomic E-state index is 0. The molecule has 38 valence electrons. The summed E-state index contributed by atoms with van der Waals surface area (Å²) in [5.74, 6) is 0. The first-order chi connectivity index (χ1) is 2.56. The van der Waals surface area contributed by atoms with Crippen LogP contribution in [-0.2, 0) is 0 Å². The Kier molecular flexibility index (Phi) is 5.67. The van der Waals surface area contributed by atoms with E-state index in [1.165, 1.54) is 0 Å². The third-order valence-electron chi connectivity index (χ3n) is 0.164. The summed E-state index contributed by atoms with van der Waals surface area (Å²) in [6, 6.07) is 0. The van der Waals surface area contributed by atoms with E-state index in [9.17, 15) is 13.2 Å². The molecule has 0 aliphatic heterocycles. The van der Waals surface area contributed by atoms with Gasteiger partial charge in [-0.1, -0.05) is 0 Å². The molecule has 0 aliphatic rings. The van der Waals surface area contributed by atoms with Gasteiger partial charge in [-0.2, -0.15) is 13.2 Å². The van der Waals surface area contributed by atoms with E-state index >= 15 is 0 Å². The van der Waals surface area contributed by atoms with Crippen LogP contribution in [0.25, 0.3) is 0 Å². The smallest absolute Gasteiger partial charge is 0.848 e. The molecule has 0 heterocycles. The molecule has 0 saturated heterocycles. The second-order valence-corrected chi connectivity index (χ2v) is 0.760. The summed E-state index contributed by atoms with van der Waals surface area (Å²) in [6.45, 7) is -1.98. The molecule has 0 aromatic rings. The van der Waals surface area contributed by atoms with Crippen molar-refractivity contribution in [1.82, 2.24) is 0 Å². The molecule has 0 aromatic heterocycles. The van der Waals surface area contributed by atoms with Gasteiger partial charge in [0.05, 0.1) is 0 Å². The number of halogens is 3. The molecule has 0 spiro atoms. The van der Waals surface area contributed by atoms with E-state index in [1.807, 2.05) is 0 Å². The summed E-state index contributed by atoms with van der Waals surface area (Å²) in [6.07, 6.45) is -4.51. The van der Waals surface area contributed by atoms with Crippen molar-refractivity contribution in [1.29, 1.82) is 0 Å². The van der Waals surface area contributed by atoms with Gasteiger partial charge in [0.1, 0.15) is 0 Å². The maximum atomic E-state index is 10.5. The summed E-state index contributed by atoms with van der Waals surface area (Å²) in [7, 11) is 0. The van der Waals surface area contributed by atoms with Crippen LogP contribution in [0.1, 0.15) is 0 Å². The van der Waals surface area contributed by atoms with Gasteiger partial charge in [0.15, 0.2) is 0 Å². The normalized spacial score (nSPS) is 10.3. The minimum atomic E-state index is -4.51. The fraction of sp³-hybridized carbons (Fsp3) is 1.00. The molecule has 0 fully saturated rings. The number of hydrogen-bond donors (Lipinski definition) is 0. The Morgan fingerprint density at radius 3 is 1.43 bits per heavy atom. The molecule has 0 amide bonds. The Balaban J connectivity index is 0.